The molecule has 1 heterocycles. The SMILES string of the molecule is N#Cc1cccc(NC(=O)c2cc(C(=O)Nc3ccccc3C#N)ccn2)c1. The highest BCUT2D eigenvalue weighted by Crippen LogP contribution is 2.16. The van der Waals surface area contributed by atoms with Gasteiger partial charge >= 0.3 is 0 Å². The lowest BCUT2D eigenvalue weighted by Gasteiger charge is -2.08. The molecular weight excluding hydrogens is 354 g/mol. The van der Waals surface area contributed by atoms with Crippen LogP contribution in [0.5, 0.6) is 0 Å². The van der Waals surface area contributed by atoms with Crippen LogP contribution < -0.4 is 10.6 Å². The van der Waals surface area contributed by atoms with Crippen molar-refractivity contribution in [2.75, 3.05) is 10.6 Å². The number of hydrogen-bond donors (Lipinski definition) is 2. The van der Waals surface area contributed by atoms with Crippen LogP contribution in [0.3, 0.4) is 0 Å². The Balaban J connectivity index is 1.78. The van der Waals surface area contributed by atoms with Crippen molar-refractivity contribution >= 4 is 23.2 Å². The number of benzene rings is 2. The second kappa shape index (κ2) is 8.26. The number of aromatic nitrogens is 1. The van der Waals surface area contributed by atoms with E-state index < -0.39 is 11.8 Å². The van der Waals surface area contributed by atoms with Crippen molar-refractivity contribution < 1.29 is 9.59 Å². The Hall–Kier alpha value is -4.49. The van der Waals surface area contributed by atoms with Gasteiger partial charge in [-0.2, -0.15) is 10.5 Å². The fourth-order valence-electron chi connectivity index (χ4n) is 2.44. The topological polar surface area (TPSA) is 119 Å². The number of nitrogens with zero attached hydrogens (tertiary/aromatic N) is 3. The Kier molecular flexibility index (Phi) is 5.40. The first-order valence-electron chi connectivity index (χ1n) is 8.19. The number of pyridine rings is 1. The molecule has 0 aliphatic heterocycles. The molecule has 28 heavy (non-hydrogen) atoms. The molecule has 2 amide bonds. The fourth-order valence-corrected chi connectivity index (χ4v) is 2.44. The molecule has 0 unspecified atom stereocenters. The minimum Gasteiger partial charge on any atom is -0.321 e. The average Bonchev–Trinajstić information content (AvgIpc) is 2.74. The molecule has 7 heteroatoms. The van der Waals surface area contributed by atoms with E-state index >= 15 is 0 Å². The van der Waals surface area contributed by atoms with Gasteiger partial charge in [0.2, 0.25) is 0 Å². The van der Waals surface area contributed by atoms with Gasteiger partial charge in [-0.1, -0.05) is 18.2 Å². The highest BCUT2D eigenvalue weighted by Gasteiger charge is 2.13. The summed E-state index contributed by atoms with van der Waals surface area (Å²) in [6, 6.07) is 19.9. The molecule has 2 N–H and O–H groups in total. The van der Waals surface area contributed by atoms with Gasteiger partial charge in [-0.15, -0.1) is 0 Å². The Morgan fingerprint density at radius 1 is 0.857 bits per heavy atom. The van der Waals surface area contributed by atoms with E-state index in [1.165, 1.54) is 24.4 Å². The normalized spacial score (nSPS) is 9.64. The number of anilines is 2. The van der Waals surface area contributed by atoms with Crippen molar-refractivity contribution in [3.05, 3.63) is 89.2 Å². The first kappa shape index (κ1) is 18.3. The monoisotopic (exact) mass is 367 g/mol. The highest BCUT2D eigenvalue weighted by atomic mass is 16.2. The third kappa shape index (κ3) is 4.18. The van der Waals surface area contributed by atoms with Crippen LogP contribution in [-0.4, -0.2) is 16.8 Å². The summed E-state index contributed by atoms with van der Waals surface area (Å²) in [7, 11) is 0. The summed E-state index contributed by atoms with van der Waals surface area (Å²) in [4.78, 5) is 28.9. The zero-order valence-corrected chi connectivity index (χ0v) is 14.5. The zero-order valence-electron chi connectivity index (χ0n) is 14.5. The molecule has 3 rings (SSSR count). The smallest absolute Gasteiger partial charge is 0.274 e. The molecule has 0 bridgehead atoms. The van der Waals surface area contributed by atoms with Gasteiger partial charge in [0.05, 0.1) is 22.9 Å². The lowest BCUT2D eigenvalue weighted by Crippen LogP contribution is -2.17. The molecule has 0 radical (unpaired) electrons. The highest BCUT2D eigenvalue weighted by molar-refractivity contribution is 6.08. The van der Waals surface area contributed by atoms with Crippen LogP contribution >= 0.6 is 0 Å². The Labute approximate surface area is 160 Å². The maximum atomic E-state index is 12.5. The number of amides is 2. The van der Waals surface area contributed by atoms with Gasteiger partial charge < -0.3 is 10.6 Å². The summed E-state index contributed by atoms with van der Waals surface area (Å²) in [5.41, 5.74) is 1.84. The van der Waals surface area contributed by atoms with E-state index in [9.17, 15) is 9.59 Å². The number of hydrogen-bond acceptors (Lipinski definition) is 5. The van der Waals surface area contributed by atoms with Crippen LogP contribution in [0.1, 0.15) is 32.0 Å². The second-order valence-electron chi connectivity index (χ2n) is 5.69. The van der Waals surface area contributed by atoms with E-state index in [2.05, 4.69) is 15.6 Å². The predicted octanol–water partition coefficient (Wildman–Crippen LogP) is 3.33. The molecule has 0 saturated carbocycles. The summed E-state index contributed by atoms with van der Waals surface area (Å²) in [5.74, 6) is -0.979. The predicted molar refractivity (Wildman–Crippen MR) is 102 cm³/mol. The van der Waals surface area contributed by atoms with E-state index in [1.807, 2.05) is 12.1 Å². The zero-order chi connectivity index (χ0) is 19.9. The summed E-state index contributed by atoms with van der Waals surface area (Å²) < 4.78 is 0. The first-order valence-corrected chi connectivity index (χ1v) is 8.19. The summed E-state index contributed by atoms with van der Waals surface area (Å²) >= 11 is 0. The molecule has 0 fully saturated rings. The largest absolute Gasteiger partial charge is 0.321 e. The number of carbonyl (C=O) groups excluding carboxylic acids is 2. The van der Waals surface area contributed by atoms with Crippen molar-refractivity contribution in [1.82, 2.24) is 4.98 Å². The third-order valence-electron chi connectivity index (χ3n) is 3.80. The summed E-state index contributed by atoms with van der Waals surface area (Å²) in [6.45, 7) is 0. The third-order valence-corrected chi connectivity index (χ3v) is 3.80. The first-order chi connectivity index (χ1) is 13.6. The molecule has 0 spiro atoms. The van der Waals surface area contributed by atoms with E-state index in [0.717, 1.165) is 0 Å². The van der Waals surface area contributed by atoms with Gasteiger partial charge in [0.15, 0.2) is 0 Å². The van der Waals surface area contributed by atoms with Crippen molar-refractivity contribution in [2.45, 2.75) is 0 Å². The maximum absolute atomic E-state index is 12.5. The molecule has 3 aromatic rings. The fraction of sp³-hybridized carbons (Fsp3) is 0. The van der Waals surface area contributed by atoms with Crippen molar-refractivity contribution in [3.8, 4) is 12.1 Å². The van der Waals surface area contributed by atoms with Crippen LogP contribution in [0, 0.1) is 22.7 Å². The molecule has 0 aliphatic carbocycles. The van der Waals surface area contributed by atoms with Gasteiger partial charge in [-0.3, -0.25) is 14.6 Å². The number of para-hydroxylation sites is 1. The van der Waals surface area contributed by atoms with Crippen LogP contribution in [-0.2, 0) is 0 Å². The van der Waals surface area contributed by atoms with Crippen LogP contribution in [0.15, 0.2) is 66.9 Å². The number of nitriles is 2. The number of rotatable bonds is 4. The van der Waals surface area contributed by atoms with Crippen molar-refractivity contribution in [1.29, 1.82) is 10.5 Å². The molecule has 134 valence electrons. The minimum absolute atomic E-state index is 0.0450. The molecule has 2 aromatic carbocycles. The van der Waals surface area contributed by atoms with Crippen LogP contribution in [0.4, 0.5) is 11.4 Å². The van der Waals surface area contributed by atoms with E-state index in [1.54, 1.807) is 42.5 Å². The minimum atomic E-state index is -0.512. The van der Waals surface area contributed by atoms with Gasteiger partial charge in [0.1, 0.15) is 11.8 Å². The quantitative estimate of drug-likeness (QED) is 0.733. The molecule has 7 nitrogen and oxygen atoms in total. The Morgan fingerprint density at radius 2 is 1.68 bits per heavy atom. The van der Waals surface area contributed by atoms with E-state index in [4.69, 9.17) is 10.5 Å². The lowest BCUT2D eigenvalue weighted by molar-refractivity contribution is 0.102. The molecule has 1 aromatic heterocycles. The van der Waals surface area contributed by atoms with Crippen LogP contribution in [0.2, 0.25) is 0 Å². The number of nitrogens with one attached hydrogen (secondary N) is 2. The van der Waals surface area contributed by atoms with Gasteiger partial charge in [-0.25, -0.2) is 0 Å². The lowest BCUT2D eigenvalue weighted by atomic mass is 10.1. The van der Waals surface area contributed by atoms with Crippen molar-refractivity contribution in [3.63, 3.8) is 0 Å². The summed E-state index contributed by atoms with van der Waals surface area (Å²) in [5, 5.41) is 23.3. The molecular formula is C21H13N5O2. The van der Waals surface area contributed by atoms with Gasteiger partial charge in [-0.05, 0) is 42.5 Å². The van der Waals surface area contributed by atoms with E-state index in [-0.39, 0.29) is 11.3 Å². The second-order valence-corrected chi connectivity index (χ2v) is 5.69. The average molecular weight is 367 g/mol. The summed E-state index contributed by atoms with van der Waals surface area (Å²) in [6.07, 6.45) is 1.35. The molecule has 0 atom stereocenters. The van der Waals surface area contributed by atoms with Crippen molar-refractivity contribution in [2.24, 2.45) is 0 Å². The van der Waals surface area contributed by atoms with Gasteiger partial charge in [0.25, 0.3) is 11.8 Å². The van der Waals surface area contributed by atoms with E-state index in [0.29, 0.717) is 22.5 Å². The van der Waals surface area contributed by atoms with Gasteiger partial charge in [0, 0.05) is 17.4 Å². The Morgan fingerprint density at radius 3 is 2.46 bits per heavy atom. The van der Waals surface area contributed by atoms with Crippen LogP contribution in [0.25, 0.3) is 0 Å². The molecule has 0 aliphatic rings. The standard InChI is InChI=1S/C21H13N5O2/c22-12-14-4-3-6-17(10-14)25-21(28)19-11-15(8-9-24-19)20(27)26-18-7-2-1-5-16(18)13-23/h1-11H,(H,25,28)(H,26,27). The molecule has 0 saturated heterocycles. The maximum Gasteiger partial charge on any atom is 0.274 e. The number of carbonyl (C=O) groups is 2. The Bertz CT molecular complexity index is 1140.